The molecule has 13 rings (SSSR count). The van der Waals surface area contributed by atoms with Crippen molar-refractivity contribution in [1.29, 1.82) is 0 Å². The summed E-state index contributed by atoms with van der Waals surface area (Å²) in [6, 6.07) is 73.1. The molecule has 3 aliphatic heterocycles. The van der Waals surface area contributed by atoms with E-state index in [-0.39, 0.29) is 33.9 Å². The SMILES string of the molecule is Cc1cc(C)c2c(c1)C1(C)CCCCC1(C)N2c1cc2c3c(c1)N(c1ccc(C(C)(C)C)cc1-c1ccccc1)c1cc(C(C)(C)C)ccc1B3c1ccc(-c3ccccc3)cc1N2c1ccc(C(C)(C)C)cc1-c1ccccc1. The van der Waals surface area contributed by atoms with E-state index in [1.165, 1.54) is 141 Å². The van der Waals surface area contributed by atoms with E-state index in [0.29, 0.717) is 0 Å². The van der Waals surface area contributed by atoms with E-state index in [4.69, 9.17) is 0 Å². The maximum absolute atomic E-state index is 2.86. The summed E-state index contributed by atoms with van der Waals surface area (Å²) in [5.41, 5.74) is 28.9. The molecule has 9 aromatic carbocycles. The van der Waals surface area contributed by atoms with Gasteiger partial charge in [0.25, 0.3) is 6.71 Å². The van der Waals surface area contributed by atoms with Crippen molar-refractivity contribution >= 4 is 68.6 Å². The summed E-state index contributed by atoms with van der Waals surface area (Å²) in [5.74, 6) is 0. The van der Waals surface area contributed by atoms with E-state index in [9.17, 15) is 0 Å². The van der Waals surface area contributed by atoms with Crippen LogP contribution in [0.2, 0.25) is 0 Å². The maximum atomic E-state index is 2.86. The Labute approximate surface area is 478 Å². The number of anilines is 8. The standard InChI is InChI=1S/C76H78BN3/c1-49-41-50(2)71-61(42-49)75(12)39-23-24-40-76(75,13)80(71)58-47-68-70-69(48-58)79(65-38-34-56(73(6,7)8)45-60(65)53-29-21-16-22-30-53)67-46-57(74(9,10)11)32-36-63(67)77(70)62-35-31-54(51-25-17-14-18-26-51)43-66(62)78(68)64-37-33-55(72(3,4)5)44-59(64)52-27-19-15-20-28-52/h14-22,25-38,41-48H,23-24,39-40H2,1-13H3. The lowest BCUT2D eigenvalue weighted by Crippen LogP contribution is -2.61. The van der Waals surface area contributed by atoms with Gasteiger partial charge in [0.15, 0.2) is 0 Å². The van der Waals surface area contributed by atoms with Crippen LogP contribution < -0.4 is 31.1 Å². The van der Waals surface area contributed by atoms with Crippen LogP contribution in [0.25, 0.3) is 33.4 Å². The normalized spacial score (nSPS) is 18.4. The Morgan fingerprint density at radius 3 is 1.40 bits per heavy atom. The van der Waals surface area contributed by atoms with Crippen LogP contribution in [0.15, 0.2) is 188 Å². The minimum Gasteiger partial charge on any atom is -0.334 e. The van der Waals surface area contributed by atoms with Crippen LogP contribution in [-0.2, 0) is 21.7 Å². The lowest BCUT2D eigenvalue weighted by Gasteiger charge is -2.51. The molecule has 4 heteroatoms. The number of fused-ring (bicyclic) bond motifs is 7. The van der Waals surface area contributed by atoms with Crippen LogP contribution in [0, 0.1) is 13.8 Å². The minimum atomic E-state index is -0.186. The Bertz CT molecular complexity index is 3910. The van der Waals surface area contributed by atoms with Crippen LogP contribution in [0.5, 0.6) is 0 Å². The van der Waals surface area contributed by atoms with Crippen molar-refractivity contribution in [3.05, 3.63) is 221 Å². The zero-order valence-electron chi connectivity index (χ0n) is 49.6. The summed E-state index contributed by atoms with van der Waals surface area (Å²) in [4.78, 5) is 8.27. The Balaban J connectivity index is 1.22. The summed E-state index contributed by atoms with van der Waals surface area (Å²) in [7, 11) is 0. The van der Waals surface area contributed by atoms with Crippen LogP contribution in [-0.4, -0.2) is 12.3 Å². The third-order valence-electron chi connectivity index (χ3n) is 19.2. The molecule has 0 bridgehead atoms. The monoisotopic (exact) mass is 1040 g/mol. The molecular weight excluding hydrogens is 966 g/mol. The van der Waals surface area contributed by atoms with Gasteiger partial charge >= 0.3 is 0 Å². The average molecular weight is 1040 g/mol. The number of hydrogen-bond donors (Lipinski definition) is 0. The van der Waals surface area contributed by atoms with Crippen LogP contribution in [0.4, 0.5) is 45.5 Å². The molecule has 400 valence electrons. The number of hydrogen-bond acceptors (Lipinski definition) is 3. The van der Waals surface area contributed by atoms with Crippen molar-refractivity contribution in [2.24, 2.45) is 0 Å². The summed E-state index contributed by atoms with van der Waals surface area (Å²) in [6.07, 6.45) is 4.71. The highest BCUT2D eigenvalue weighted by Crippen LogP contribution is 2.63. The largest absolute Gasteiger partial charge is 0.334 e. The molecule has 0 radical (unpaired) electrons. The molecule has 0 saturated heterocycles. The molecule has 0 aromatic heterocycles. The Kier molecular flexibility index (Phi) is 12.0. The molecule has 1 aliphatic carbocycles. The van der Waals surface area contributed by atoms with Crippen molar-refractivity contribution in [2.45, 2.75) is 143 Å². The first-order valence-electron chi connectivity index (χ1n) is 29.6. The second-order valence-electron chi connectivity index (χ2n) is 27.5. The fourth-order valence-electron chi connectivity index (χ4n) is 14.6. The van der Waals surface area contributed by atoms with E-state index in [0.717, 1.165) is 12.8 Å². The molecule has 2 unspecified atom stereocenters. The van der Waals surface area contributed by atoms with Crippen LogP contribution in [0.1, 0.15) is 135 Å². The van der Waals surface area contributed by atoms with Crippen molar-refractivity contribution < 1.29 is 0 Å². The molecule has 9 aromatic rings. The molecule has 2 atom stereocenters. The Morgan fingerprint density at radius 2 is 0.875 bits per heavy atom. The third kappa shape index (κ3) is 8.13. The predicted molar refractivity (Wildman–Crippen MR) is 345 cm³/mol. The Morgan fingerprint density at radius 1 is 0.412 bits per heavy atom. The maximum Gasteiger partial charge on any atom is 0.252 e. The molecule has 1 saturated carbocycles. The van der Waals surface area contributed by atoms with Gasteiger partial charge in [-0.05, 0) is 165 Å². The molecule has 0 spiro atoms. The number of aryl methyl sites for hydroxylation is 2. The van der Waals surface area contributed by atoms with Crippen molar-refractivity contribution in [3.63, 3.8) is 0 Å². The average Bonchev–Trinajstić information content (AvgIpc) is 3.89. The quantitative estimate of drug-likeness (QED) is 0.154. The topological polar surface area (TPSA) is 9.72 Å². The highest BCUT2D eigenvalue weighted by atomic mass is 15.3. The van der Waals surface area contributed by atoms with Gasteiger partial charge in [-0.3, -0.25) is 0 Å². The van der Waals surface area contributed by atoms with E-state index < -0.39 is 0 Å². The van der Waals surface area contributed by atoms with E-state index in [1.807, 2.05) is 0 Å². The highest BCUT2D eigenvalue weighted by Gasteiger charge is 2.59. The van der Waals surface area contributed by atoms with Gasteiger partial charge in [-0.2, -0.15) is 0 Å². The molecule has 3 nitrogen and oxygen atoms in total. The zero-order chi connectivity index (χ0) is 55.8. The minimum absolute atomic E-state index is 0.0513. The predicted octanol–water partition coefficient (Wildman–Crippen LogP) is 19.0. The molecule has 0 amide bonds. The first-order valence-corrected chi connectivity index (χ1v) is 29.6. The van der Waals surface area contributed by atoms with E-state index >= 15 is 0 Å². The van der Waals surface area contributed by atoms with E-state index in [2.05, 4.69) is 293 Å². The second-order valence-corrected chi connectivity index (χ2v) is 27.5. The lowest BCUT2D eigenvalue weighted by atomic mass is 9.33. The van der Waals surface area contributed by atoms with Gasteiger partial charge in [-0.15, -0.1) is 0 Å². The van der Waals surface area contributed by atoms with E-state index in [1.54, 1.807) is 0 Å². The van der Waals surface area contributed by atoms with Gasteiger partial charge in [0.2, 0.25) is 0 Å². The van der Waals surface area contributed by atoms with Gasteiger partial charge < -0.3 is 14.7 Å². The summed E-state index contributed by atoms with van der Waals surface area (Å²) < 4.78 is 0. The zero-order valence-corrected chi connectivity index (χ0v) is 49.6. The highest BCUT2D eigenvalue weighted by molar-refractivity contribution is 7.00. The lowest BCUT2D eigenvalue weighted by molar-refractivity contribution is 0.195. The second kappa shape index (κ2) is 18.5. The molecule has 4 aliphatic rings. The summed E-state index contributed by atoms with van der Waals surface area (Å²) in [5, 5.41) is 0. The fraction of sp³-hybridized carbons (Fsp3) is 0.289. The third-order valence-corrected chi connectivity index (χ3v) is 19.2. The van der Waals surface area contributed by atoms with Gasteiger partial charge in [0, 0.05) is 50.7 Å². The van der Waals surface area contributed by atoms with Crippen LogP contribution >= 0.6 is 0 Å². The molecule has 0 N–H and O–H groups in total. The molecule has 1 fully saturated rings. The first-order chi connectivity index (χ1) is 38.1. The smallest absolute Gasteiger partial charge is 0.252 e. The van der Waals surface area contributed by atoms with Gasteiger partial charge in [0.1, 0.15) is 0 Å². The van der Waals surface area contributed by atoms with Crippen molar-refractivity contribution in [3.8, 4) is 33.4 Å². The first kappa shape index (κ1) is 51.9. The fourth-order valence-corrected chi connectivity index (χ4v) is 14.6. The van der Waals surface area contributed by atoms with Gasteiger partial charge in [-0.1, -0.05) is 227 Å². The summed E-state index contributed by atoms with van der Waals surface area (Å²) >= 11 is 0. The number of rotatable bonds is 6. The summed E-state index contributed by atoms with van der Waals surface area (Å²) in [6.45, 7) is 31.0. The number of nitrogens with zero attached hydrogens (tertiary/aromatic N) is 3. The number of benzene rings is 9. The molecular formula is C76H78BN3. The van der Waals surface area contributed by atoms with Gasteiger partial charge in [0.05, 0.1) is 16.9 Å². The Hall–Kier alpha value is -7.56. The van der Waals surface area contributed by atoms with Crippen molar-refractivity contribution in [1.82, 2.24) is 0 Å². The molecule has 80 heavy (non-hydrogen) atoms. The van der Waals surface area contributed by atoms with Crippen molar-refractivity contribution in [2.75, 3.05) is 14.7 Å². The molecule has 3 heterocycles. The van der Waals surface area contributed by atoms with Crippen LogP contribution in [0.3, 0.4) is 0 Å². The van der Waals surface area contributed by atoms with Gasteiger partial charge in [-0.25, -0.2) is 0 Å².